The van der Waals surface area contributed by atoms with Crippen molar-refractivity contribution >= 4 is 17.0 Å². The van der Waals surface area contributed by atoms with Crippen molar-refractivity contribution in [3.8, 4) is 0 Å². The molecule has 1 fully saturated rings. The molecule has 2 heterocycles. The van der Waals surface area contributed by atoms with Crippen LogP contribution in [0.3, 0.4) is 0 Å². The molecule has 0 spiro atoms. The van der Waals surface area contributed by atoms with Crippen molar-refractivity contribution in [3.05, 3.63) is 29.8 Å². The summed E-state index contributed by atoms with van der Waals surface area (Å²) in [5.41, 5.74) is 0.569. The first kappa shape index (κ1) is 15.0. The quantitative estimate of drug-likeness (QED) is 0.586. The van der Waals surface area contributed by atoms with E-state index < -0.39 is 11.8 Å². The molecular weight excluding hydrogens is 258 g/mol. The SMILES string of the molecule is O=C([O-])c1nc2c(F)cccc2n1C1CCOCC1.[Li+]. The van der Waals surface area contributed by atoms with Crippen molar-refractivity contribution in [2.75, 3.05) is 13.2 Å². The molecule has 2 aromatic rings. The van der Waals surface area contributed by atoms with E-state index in [-0.39, 0.29) is 36.2 Å². The minimum Gasteiger partial charge on any atom is -0.542 e. The molecule has 1 aromatic heterocycles. The van der Waals surface area contributed by atoms with Gasteiger partial charge in [-0.15, -0.1) is 0 Å². The molecule has 100 valence electrons. The predicted octanol–water partition coefficient (Wildman–Crippen LogP) is -2.11. The topological polar surface area (TPSA) is 67.2 Å². The molecule has 7 heteroatoms. The summed E-state index contributed by atoms with van der Waals surface area (Å²) in [5, 5.41) is 11.2. The molecule has 0 saturated carbocycles. The normalized spacial score (nSPS) is 16.1. The molecule has 0 aliphatic carbocycles. The molecular formula is C13H12FLiN2O3. The molecule has 0 radical (unpaired) electrons. The van der Waals surface area contributed by atoms with Gasteiger partial charge in [0, 0.05) is 19.3 Å². The standard InChI is InChI=1S/C13H13FN2O3.Li/c14-9-2-1-3-10-11(9)15-12(13(17)18)16(10)8-4-6-19-7-5-8;/h1-3,8H,4-7H2,(H,17,18);/q;+1/p-1. The fourth-order valence-corrected chi connectivity index (χ4v) is 2.54. The van der Waals surface area contributed by atoms with Gasteiger partial charge in [0.2, 0.25) is 0 Å². The maximum absolute atomic E-state index is 13.7. The largest absolute Gasteiger partial charge is 1.00 e. The Labute approximate surface area is 126 Å². The molecule has 0 unspecified atom stereocenters. The van der Waals surface area contributed by atoms with Gasteiger partial charge in [-0.1, -0.05) is 6.07 Å². The third-order valence-corrected chi connectivity index (χ3v) is 3.41. The molecule has 1 aliphatic rings. The van der Waals surface area contributed by atoms with Crippen LogP contribution < -0.4 is 24.0 Å². The molecule has 0 amide bonds. The number of carbonyl (C=O) groups excluding carboxylic acids is 1. The van der Waals surface area contributed by atoms with E-state index in [9.17, 15) is 14.3 Å². The van der Waals surface area contributed by atoms with Crippen LogP contribution in [0.4, 0.5) is 4.39 Å². The van der Waals surface area contributed by atoms with E-state index in [2.05, 4.69) is 4.98 Å². The zero-order valence-corrected chi connectivity index (χ0v) is 11.1. The van der Waals surface area contributed by atoms with Crippen molar-refractivity contribution in [1.29, 1.82) is 0 Å². The van der Waals surface area contributed by atoms with Crippen LogP contribution in [0.5, 0.6) is 0 Å². The Morgan fingerprint density at radius 2 is 2.10 bits per heavy atom. The minimum atomic E-state index is -1.39. The second-order valence-corrected chi connectivity index (χ2v) is 4.54. The summed E-state index contributed by atoms with van der Waals surface area (Å²) in [5.74, 6) is -2.13. The van der Waals surface area contributed by atoms with Gasteiger partial charge in [-0.2, -0.15) is 0 Å². The number of carboxylic acids is 1. The zero-order chi connectivity index (χ0) is 13.4. The van der Waals surface area contributed by atoms with E-state index >= 15 is 0 Å². The number of imidazole rings is 1. The van der Waals surface area contributed by atoms with Gasteiger partial charge < -0.3 is 19.2 Å². The first-order chi connectivity index (χ1) is 9.18. The summed E-state index contributed by atoms with van der Waals surface area (Å²) in [4.78, 5) is 15.1. The number of benzene rings is 1. The van der Waals surface area contributed by atoms with Gasteiger partial charge in [0.1, 0.15) is 11.5 Å². The summed E-state index contributed by atoms with van der Waals surface area (Å²) in [6.07, 6.45) is 1.37. The summed E-state index contributed by atoms with van der Waals surface area (Å²) in [6.45, 7) is 1.12. The first-order valence-electron chi connectivity index (χ1n) is 6.14. The number of halogens is 1. The number of aromatic carboxylic acids is 1. The van der Waals surface area contributed by atoms with Crippen LogP contribution in [-0.4, -0.2) is 28.7 Å². The van der Waals surface area contributed by atoms with Crippen LogP contribution in [0.15, 0.2) is 18.2 Å². The Kier molecular flexibility index (Phi) is 4.48. The second kappa shape index (κ2) is 5.96. The Balaban J connectivity index is 0.00000147. The van der Waals surface area contributed by atoms with Crippen molar-refractivity contribution in [1.82, 2.24) is 9.55 Å². The van der Waals surface area contributed by atoms with E-state index in [1.54, 1.807) is 16.7 Å². The van der Waals surface area contributed by atoms with Crippen LogP contribution in [0, 0.1) is 5.82 Å². The van der Waals surface area contributed by atoms with E-state index in [0.717, 1.165) is 0 Å². The molecule has 20 heavy (non-hydrogen) atoms. The van der Waals surface area contributed by atoms with Gasteiger partial charge in [0.05, 0.1) is 5.52 Å². The Morgan fingerprint density at radius 3 is 2.75 bits per heavy atom. The number of nitrogens with zero attached hydrogens (tertiary/aromatic N) is 2. The number of aromatic nitrogens is 2. The molecule has 0 atom stereocenters. The van der Waals surface area contributed by atoms with Crippen molar-refractivity contribution < 1.29 is 37.9 Å². The summed E-state index contributed by atoms with van der Waals surface area (Å²) in [6, 6.07) is 4.44. The number of hydrogen-bond acceptors (Lipinski definition) is 4. The van der Waals surface area contributed by atoms with Crippen LogP contribution in [0.2, 0.25) is 0 Å². The Hall–Kier alpha value is -1.35. The molecule has 1 aromatic carbocycles. The fraction of sp³-hybridized carbons (Fsp3) is 0.385. The summed E-state index contributed by atoms with van der Waals surface area (Å²) >= 11 is 0. The van der Waals surface area contributed by atoms with Gasteiger partial charge >= 0.3 is 18.9 Å². The number of para-hydroxylation sites is 1. The summed E-state index contributed by atoms with van der Waals surface area (Å²) < 4.78 is 20.5. The third kappa shape index (κ3) is 2.47. The number of rotatable bonds is 2. The molecule has 1 saturated heterocycles. The number of carboxylic acid groups (broad SMARTS) is 1. The number of carbonyl (C=O) groups is 1. The number of hydrogen-bond donors (Lipinski definition) is 0. The van der Waals surface area contributed by atoms with Crippen LogP contribution in [0.25, 0.3) is 11.0 Å². The summed E-state index contributed by atoms with van der Waals surface area (Å²) in [7, 11) is 0. The monoisotopic (exact) mass is 270 g/mol. The van der Waals surface area contributed by atoms with Gasteiger partial charge in [-0.25, -0.2) is 9.37 Å². The Morgan fingerprint density at radius 1 is 1.40 bits per heavy atom. The van der Waals surface area contributed by atoms with Gasteiger partial charge in [-0.05, 0) is 25.0 Å². The fourth-order valence-electron chi connectivity index (χ4n) is 2.54. The molecule has 5 nitrogen and oxygen atoms in total. The number of fused-ring (bicyclic) bond motifs is 1. The van der Waals surface area contributed by atoms with Crippen molar-refractivity contribution in [2.24, 2.45) is 0 Å². The maximum Gasteiger partial charge on any atom is 1.00 e. The minimum absolute atomic E-state index is 0. The van der Waals surface area contributed by atoms with Crippen LogP contribution in [0.1, 0.15) is 29.5 Å². The van der Waals surface area contributed by atoms with Gasteiger partial charge in [0.15, 0.2) is 11.6 Å². The van der Waals surface area contributed by atoms with E-state index in [4.69, 9.17) is 4.74 Å². The van der Waals surface area contributed by atoms with Crippen molar-refractivity contribution in [2.45, 2.75) is 18.9 Å². The third-order valence-electron chi connectivity index (χ3n) is 3.41. The first-order valence-corrected chi connectivity index (χ1v) is 6.14. The van der Waals surface area contributed by atoms with E-state index in [1.165, 1.54) is 6.07 Å². The smallest absolute Gasteiger partial charge is 0.542 e. The van der Waals surface area contributed by atoms with Gasteiger partial charge in [0.25, 0.3) is 0 Å². The van der Waals surface area contributed by atoms with Crippen molar-refractivity contribution in [3.63, 3.8) is 0 Å². The second-order valence-electron chi connectivity index (χ2n) is 4.54. The zero-order valence-electron chi connectivity index (χ0n) is 11.1. The average molecular weight is 270 g/mol. The van der Waals surface area contributed by atoms with Gasteiger partial charge in [-0.3, -0.25) is 0 Å². The molecule has 0 N–H and O–H groups in total. The Bertz CT molecular complexity index is 638. The van der Waals surface area contributed by atoms with Crippen LogP contribution in [-0.2, 0) is 4.74 Å². The van der Waals surface area contributed by atoms with E-state index in [1.807, 2.05) is 0 Å². The number of ether oxygens (including phenoxy) is 1. The molecule has 1 aliphatic heterocycles. The molecule has 3 rings (SSSR count). The molecule has 0 bridgehead atoms. The van der Waals surface area contributed by atoms with Crippen LogP contribution >= 0.6 is 0 Å². The maximum atomic E-state index is 13.7. The predicted molar refractivity (Wildman–Crippen MR) is 63.1 cm³/mol. The van der Waals surface area contributed by atoms with E-state index in [0.29, 0.717) is 31.6 Å². The average Bonchev–Trinajstić information content (AvgIpc) is 2.81.